The van der Waals surface area contributed by atoms with Gasteiger partial charge in [-0.15, -0.1) is 0 Å². The molecule has 1 aromatic carbocycles. The van der Waals surface area contributed by atoms with E-state index < -0.39 is 10.0 Å². The van der Waals surface area contributed by atoms with Crippen LogP contribution in [-0.2, 0) is 10.0 Å². The maximum Gasteiger partial charge on any atom is 0.276 e. The zero-order chi connectivity index (χ0) is 16.0. The molecule has 118 valence electrons. The Hall–Kier alpha value is -1.87. The van der Waals surface area contributed by atoms with Crippen LogP contribution in [0.25, 0.3) is 0 Å². The molecule has 0 aliphatic heterocycles. The molecule has 1 unspecified atom stereocenters. The summed E-state index contributed by atoms with van der Waals surface area (Å²) in [5.74, 6) is 0.217. The molecule has 1 aliphatic rings. The first kappa shape index (κ1) is 16.5. The van der Waals surface area contributed by atoms with E-state index in [0.29, 0.717) is 6.42 Å². The number of aryl methyl sites for hydroxylation is 1. The fourth-order valence-corrected chi connectivity index (χ4v) is 3.49. The number of hydrazone groups is 1. The topological polar surface area (TPSA) is 82.3 Å². The lowest BCUT2D eigenvalue weighted by molar-refractivity contribution is 0.498. The minimum atomic E-state index is -3.62. The lowest BCUT2D eigenvalue weighted by Gasteiger charge is -2.23. The van der Waals surface area contributed by atoms with Gasteiger partial charge in [-0.05, 0) is 44.7 Å². The summed E-state index contributed by atoms with van der Waals surface area (Å²) in [6, 6.07) is 8.82. The van der Waals surface area contributed by atoms with Gasteiger partial charge in [0.1, 0.15) is 0 Å². The third-order valence-corrected chi connectivity index (χ3v) is 5.18. The summed E-state index contributed by atoms with van der Waals surface area (Å²) in [6.07, 6.45) is 5.14. The first-order chi connectivity index (χ1) is 10.5. The van der Waals surface area contributed by atoms with Crippen LogP contribution in [0.5, 0.6) is 0 Å². The van der Waals surface area contributed by atoms with Gasteiger partial charge in [0, 0.05) is 18.1 Å². The van der Waals surface area contributed by atoms with Gasteiger partial charge in [0.05, 0.1) is 11.0 Å². The highest BCUT2D eigenvalue weighted by atomic mass is 32.2. The number of hydrogen-bond acceptors (Lipinski definition) is 4. The van der Waals surface area contributed by atoms with Crippen LogP contribution in [0.2, 0.25) is 0 Å². The van der Waals surface area contributed by atoms with Crippen LogP contribution in [0.1, 0.15) is 44.1 Å². The second kappa shape index (κ2) is 7.41. The Morgan fingerprint density at radius 2 is 2.05 bits per heavy atom. The Kier molecular flexibility index (Phi) is 5.56. The van der Waals surface area contributed by atoms with E-state index in [1.165, 1.54) is 0 Å². The van der Waals surface area contributed by atoms with Crippen LogP contribution in [0, 0.1) is 24.2 Å². The summed E-state index contributed by atoms with van der Waals surface area (Å²) in [7, 11) is -3.62. The van der Waals surface area contributed by atoms with Gasteiger partial charge in [-0.1, -0.05) is 24.1 Å². The van der Waals surface area contributed by atoms with Crippen LogP contribution in [-0.4, -0.2) is 14.1 Å². The van der Waals surface area contributed by atoms with E-state index in [-0.39, 0.29) is 10.8 Å². The summed E-state index contributed by atoms with van der Waals surface area (Å²) in [4.78, 5) is 2.56. The van der Waals surface area contributed by atoms with Crippen molar-refractivity contribution in [2.24, 2.45) is 11.0 Å². The highest BCUT2D eigenvalue weighted by Crippen LogP contribution is 2.25. The number of nitrogens with zero attached hydrogens (tertiary/aromatic N) is 2. The Labute approximate surface area is 132 Å². The normalized spacial score (nSPS) is 20.5. The summed E-state index contributed by atoms with van der Waals surface area (Å²) >= 11 is 0. The molecule has 0 bridgehead atoms. The fraction of sp³-hybridized carbons (Fsp3) is 0.500. The van der Waals surface area contributed by atoms with Crippen molar-refractivity contribution in [3.8, 4) is 6.07 Å². The lowest BCUT2D eigenvalue weighted by atomic mass is 9.84. The second-order valence-corrected chi connectivity index (χ2v) is 7.31. The average molecular weight is 319 g/mol. The molecule has 0 radical (unpaired) electrons. The zero-order valence-corrected chi connectivity index (χ0v) is 13.6. The van der Waals surface area contributed by atoms with E-state index in [0.717, 1.165) is 43.4 Å². The molecular formula is C16H21N3O2S. The minimum Gasteiger partial charge on any atom is -0.200 e. The predicted molar refractivity (Wildman–Crippen MR) is 85.7 cm³/mol. The number of sulfonamides is 1. The molecule has 0 heterocycles. The molecular weight excluding hydrogens is 298 g/mol. The molecule has 22 heavy (non-hydrogen) atoms. The van der Waals surface area contributed by atoms with Gasteiger partial charge in [0.2, 0.25) is 0 Å². The summed E-state index contributed by atoms with van der Waals surface area (Å²) < 4.78 is 24.5. The fourth-order valence-electron chi connectivity index (χ4n) is 2.65. The first-order valence-electron chi connectivity index (χ1n) is 7.55. The second-order valence-electron chi connectivity index (χ2n) is 5.65. The number of benzene rings is 1. The van der Waals surface area contributed by atoms with Gasteiger partial charge >= 0.3 is 0 Å². The Morgan fingerprint density at radius 3 is 2.73 bits per heavy atom. The molecule has 0 spiro atoms. The molecule has 1 saturated carbocycles. The van der Waals surface area contributed by atoms with Crippen LogP contribution < -0.4 is 4.83 Å². The Bertz CT molecular complexity index is 672. The predicted octanol–water partition coefficient (Wildman–Crippen LogP) is 3.12. The van der Waals surface area contributed by atoms with Crippen molar-refractivity contribution in [3.05, 3.63) is 29.8 Å². The smallest absolute Gasteiger partial charge is 0.200 e. The van der Waals surface area contributed by atoms with E-state index in [2.05, 4.69) is 16.0 Å². The molecule has 6 heteroatoms. The molecule has 1 N–H and O–H groups in total. The van der Waals surface area contributed by atoms with Crippen LogP contribution in [0.4, 0.5) is 0 Å². The van der Waals surface area contributed by atoms with Gasteiger partial charge in [-0.3, -0.25) is 0 Å². The van der Waals surface area contributed by atoms with Crippen molar-refractivity contribution in [3.63, 3.8) is 0 Å². The van der Waals surface area contributed by atoms with Crippen molar-refractivity contribution in [2.75, 3.05) is 0 Å². The molecule has 0 aromatic heterocycles. The average Bonchev–Trinajstić information content (AvgIpc) is 2.52. The third-order valence-electron chi connectivity index (χ3n) is 3.95. The number of nitrogens with one attached hydrogen (secondary N) is 1. The third kappa shape index (κ3) is 4.31. The zero-order valence-electron chi connectivity index (χ0n) is 12.7. The highest BCUT2D eigenvalue weighted by molar-refractivity contribution is 7.89. The van der Waals surface area contributed by atoms with E-state index in [4.69, 9.17) is 5.26 Å². The van der Waals surface area contributed by atoms with Crippen molar-refractivity contribution in [1.29, 1.82) is 5.26 Å². The first-order valence-corrected chi connectivity index (χ1v) is 9.03. The van der Waals surface area contributed by atoms with Crippen LogP contribution in [0.3, 0.4) is 0 Å². The molecule has 5 nitrogen and oxygen atoms in total. The van der Waals surface area contributed by atoms with E-state index in [1.54, 1.807) is 24.3 Å². The largest absolute Gasteiger partial charge is 0.276 e. The SMILES string of the molecule is Cc1ccc(S(=O)(=O)N/N=C2/CCCCC2CCC#N)cc1. The molecule has 1 fully saturated rings. The van der Waals surface area contributed by atoms with Gasteiger partial charge < -0.3 is 0 Å². The molecule has 1 aromatic rings. The van der Waals surface area contributed by atoms with Gasteiger partial charge in [-0.25, -0.2) is 4.83 Å². The van der Waals surface area contributed by atoms with Crippen LogP contribution >= 0.6 is 0 Å². The molecule has 1 aliphatic carbocycles. The summed E-state index contributed by atoms with van der Waals surface area (Å²) in [5.41, 5.74) is 1.88. The molecule has 2 rings (SSSR count). The van der Waals surface area contributed by atoms with Gasteiger partial charge in [0.15, 0.2) is 0 Å². The van der Waals surface area contributed by atoms with Gasteiger partial charge in [0.25, 0.3) is 10.0 Å². The highest BCUT2D eigenvalue weighted by Gasteiger charge is 2.21. The van der Waals surface area contributed by atoms with Crippen molar-refractivity contribution >= 4 is 15.7 Å². The molecule has 0 amide bonds. The standard InChI is InChI=1S/C16H21N3O2S/c1-13-8-10-15(11-9-13)22(20,21)19-18-16-7-3-2-5-14(16)6-4-12-17/h8-11,14,19H,2-7H2,1H3/b18-16-. The van der Waals surface area contributed by atoms with Crippen molar-refractivity contribution in [1.82, 2.24) is 4.83 Å². The van der Waals surface area contributed by atoms with E-state index in [1.807, 2.05) is 6.92 Å². The maximum absolute atomic E-state index is 12.2. The Morgan fingerprint density at radius 1 is 1.32 bits per heavy atom. The van der Waals surface area contributed by atoms with Crippen molar-refractivity contribution in [2.45, 2.75) is 50.3 Å². The lowest BCUT2D eigenvalue weighted by Crippen LogP contribution is -2.25. The maximum atomic E-state index is 12.2. The number of nitriles is 1. The van der Waals surface area contributed by atoms with Gasteiger partial charge in [-0.2, -0.15) is 18.8 Å². The Balaban J connectivity index is 2.11. The number of rotatable bonds is 5. The number of hydrogen-bond donors (Lipinski definition) is 1. The molecule has 0 saturated heterocycles. The summed E-state index contributed by atoms with van der Waals surface area (Å²) in [6.45, 7) is 1.91. The van der Waals surface area contributed by atoms with E-state index >= 15 is 0 Å². The molecule has 1 atom stereocenters. The van der Waals surface area contributed by atoms with E-state index in [9.17, 15) is 8.42 Å². The van der Waals surface area contributed by atoms with Crippen LogP contribution in [0.15, 0.2) is 34.3 Å². The monoisotopic (exact) mass is 319 g/mol. The summed E-state index contributed by atoms with van der Waals surface area (Å²) in [5, 5.41) is 12.9. The van der Waals surface area contributed by atoms with Crippen molar-refractivity contribution < 1.29 is 8.42 Å². The minimum absolute atomic E-state index is 0.215. The quantitative estimate of drug-likeness (QED) is 0.846.